The maximum atomic E-state index is 12.4. The first kappa shape index (κ1) is 16.5. The van der Waals surface area contributed by atoms with E-state index in [4.69, 9.17) is 4.74 Å². The number of amides is 1. The van der Waals surface area contributed by atoms with Crippen LogP contribution in [0, 0.1) is 5.92 Å². The van der Waals surface area contributed by atoms with Gasteiger partial charge in [-0.05, 0) is 24.8 Å². The molecule has 5 nitrogen and oxygen atoms in total. The minimum absolute atomic E-state index is 0.00702. The highest BCUT2D eigenvalue weighted by atomic mass is 32.2. The molecule has 6 heteroatoms. The Morgan fingerprint density at radius 3 is 2.43 bits per heavy atom. The molecule has 1 amide bonds. The van der Waals surface area contributed by atoms with Crippen molar-refractivity contribution in [2.75, 3.05) is 24.6 Å². The summed E-state index contributed by atoms with van der Waals surface area (Å²) in [6.45, 7) is 1.92. The molecule has 23 heavy (non-hydrogen) atoms. The molecule has 2 aliphatic rings. The van der Waals surface area contributed by atoms with E-state index in [1.165, 1.54) is 0 Å². The predicted octanol–water partition coefficient (Wildman–Crippen LogP) is 1.63. The van der Waals surface area contributed by atoms with E-state index in [0.29, 0.717) is 26.1 Å². The molecule has 0 saturated carbocycles. The van der Waals surface area contributed by atoms with Crippen LogP contribution in [0.1, 0.15) is 24.8 Å². The van der Waals surface area contributed by atoms with Gasteiger partial charge in [0.15, 0.2) is 9.84 Å². The number of benzene rings is 1. The van der Waals surface area contributed by atoms with Crippen LogP contribution in [-0.4, -0.2) is 49.9 Å². The van der Waals surface area contributed by atoms with E-state index < -0.39 is 9.84 Å². The Balaban J connectivity index is 1.44. The van der Waals surface area contributed by atoms with Gasteiger partial charge in [-0.15, -0.1) is 0 Å². The van der Waals surface area contributed by atoms with Gasteiger partial charge in [0.2, 0.25) is 5.91 Å². The predicted molar refractivity (Wildman–Crippen MR) is 87.6 cm³/mol. The fraction of sp³-hybridized carbons (Fsp3) is 0.588. The zero-order valence-electron chi connectivity index (χ0n) is 13.2. The summed E-state index contributed by atoms with van der Waals surface area (Å²) in [7, 11) is -3.00. The van der Waals surface area contributed by atoms with Crippen molar-refractivity contribution in [3.8, 4) is 0 Å². The summed E-state index contributed by atoms with van der Waals surface area (Å²) < 4.78 is 28.9. The van der Waals surface area contributed by atoms with Crippen LogP contribution in [0.3, 0.4) is 0 Å². The van der Waals surface area contributed by atoms with Gasteiger partial charge in [-0.3, -0.25) is 4.79 Å². The number of piperidine rings is 1. The van der Waals surface area contributed by atoms with Crippen LogP contribution in [0.25, 0.3) is 0 Å². The molecular formula is C17H23NO4S. The topological polar surface area (TPSA) is 63.7 Å². The summed E-state index contributed by atoms with van der Waals surface area (Å²) in [5.74, 6) is -0.148. The lowest BCUT2D eigenvalue weighted by Gasteiger charge is -2.33. The van der Waals surface area contributed by atoms with E-state index in [2.05, 4.69) is 0 Å². The normalized spacial score (nSPS) is 24.7. The quantitative estimate of drug-likeness (QED) is 0.838. The van der Waals surface area contributed by atoms with E-state index in [-0.39, 0.29) is 29.4 Å². The van der Waals surface area contributed by atoms with Gasteiger partial charge in [-0.25, -0.2) is 8.42 Å². The molecule has 0 aromatic heterocycles. The minimum Gasteiger partial charge on any atom is -0.373 e. The lowest BCUT2D eigenvalue weighted by molar-refractivity contribution is -0.137. The monoisotopic (exact) mass is 337 g/mol. The SMILES string of the molecule is O=C([C@@H]1CCS(=O)(=O)C1)N1CCC(OCc2ccccc2)CC1. The molecular weight excluding hydrogens is 314 g/mol. The van der Waals surface area contributed by atoms with E-state index in [1.54, 1.807) is 0 Å². The van der Waals surface area contributed by atoms with Gasteiger partial charge in [0.05, 0.1) is 30.1 Å². The van der Waals surface area contributed by atoms with Gasteiger partial charge in [-0.1, -0.05) is 30.3 Å². The van der Waals surface area contributed by atoms with Gasteiger partial charge < -0.3 is 9.64 Å². The number of hydrogen-bond donors (Lipinski definition) is 0. The van der Waals surface area contributed by atoms with Crippen molar-refractivity contribution in [3.05, 3.63) is 35.9 Å². The molecule has 2 fully saturated rings. The first-order chi connectivity index (χ1) is 11.0. The van der Waals surface area contributed by atoms with Crippen molar-refractivity contribution in [2.45, 2.75) is 32.0 Å². The number of ether oxygens (including phenoxy) is 1. The third-order valence-corrected chi connectivity index (χ3v) is 6.43. The second-order valence-corrected chi connectivity index (χ2v) is 8.65. The van der Waals surface area contributed by atoms with Crippen molar-refractivity contribution >= 4 is 15.7 Å². The van der Waals surface area contributed by atoms with Crippen molar-refractivity contribution in [3.63, 3.8) is 0 Å². The molecule has 126 valence electrons. The third kappa shape index (κ3) is 4.32. The molecule has 0 radical (unpaired) electrons. The second kappa shape index (κ2) is 7.01. The Labute approximate surface area is 137 Å². The summed E-state index contributed by atoms with van der Waals surface area (Å²) in [4.78, 5) is 14.2. The first-order valence-corrected chi connectivity index (χ1v) is 10.0. The fourth-order valence-corrected chi connectivity index (χ4v) is 5.01. The van der Waals surface area contributed by atoms with Gasteiger partial charge in [-0.2, -0.15) is 0 Å². The van der Waals surface area contributed by atoms with Gasteiger partial charge in [0.25, 0.3) is 0 Å². The summed E-state index contributed by atoms with van der Waals surface area (Å²) in [5, 5.41) is 0. The molecule has 0 spiro atoms. The molecule has 2 heterocycles. The lowest BCUT2D eigenvalue weighted by atomic mass is 10.0. The Hall–Kier alpha value is -1.40. The van der Waals surface area contributed by atoms with Crippen LogP contribution in [0.15, 0.2) is 30.3 Å². The van der Waals surface area contributed by atoms with E-state index in [0.717, 1.165) is 18.4 Å². The van der Waals surface area contributed by atoms with Crippen LogP contribution in [0.5, 0.6) is 0 Å². The van der Waals surface area contributed by atoms with Crippen LogP contribution in [0.2, 0.25) is 0 Å². The maximum absolute atomic E-state index is 12.4. The minimum atomic E-state index is -3.00. The smallest absolute Gasteiger partial charge is 0.226 e. The van der Waals surface area contributed by atoms with Crippen molar-refractivity contribution in [1.29, 1.82) is 0 Å². The third-order valence-electron chi connectivity index (χ3n) is 4.66. The molecule has 0 bridgehead atoms. The highest BCUT2D eigenvalue weighted by Crippen LogP contribution is 2.23. The number of carbonyl (C=O) groups excluding carboxylic acids is 1. The molecule has 0 aliphatic carbocycles. The number of hydrogen-bond acceptors (Lipinski definition) is 4. The zero-order chi connectivity index (χ0) is 16.3. The Kier molecular flexibility index (Phi) is 5.02. The summed E-state index contributed by atoms with van der Waals surface area (Å²) >= 11 is 0. The van der Waals surface area contributed by atoms with Crippen LogP contribution in [0.4, 0.5) is 0 Å². The number of likely N-dealkylation sites (tertiary alicyclic amines) is 1. The molecule has 0 unspecified atom stereocenters. The summed E-state index contributed by atoms with van der Waals surface area (Å²) in [5.41, 5.74) is 1.15. The van der Waals surface area contributed by atoms with E-state index in [1.807, 2.05) is 35.2 Å². The van der Waals surface area contributed by atoms with Crippen molar-refractivity contribution in [2.24, 2.45) is 5.92 Å². The van der Waals surface area contributed by atoms with E-state index in [9.17, 15) is 13.2 Å². The molecule has 0 N–H and O–H groups in total. The van der Waals surface area contributed by atoms with Crippen LogP contribution >= 0.6 is 0 Å². The number of sulfone groups is 1. The molecule has 1 aromatic carbocycles. The molecule has 2 saturated heterocycles. The Bertz CT molecular complexity index is 636. The number of carbonyl (C=O) groups is 1. The fourth-order valence-electron chi connectivity index (χ4n) is 3.28. The molecule has 1 atom stereocenters. The zero-order valence-corrected chi connectivity index (χ0v) is 14.0. The Morgan fingerprint density at radius 1 is 1.13 bits per heavy atom. The Morgan fingerprint density at radius 2 is 1.83 bits per heavy atom. The molecule has 2 aliphatic heterocycles. The number of nitrogens with zero attached hydrogens (tertiary/aromatic N) is 1. The highest BCUT2D eigenvalue weighted by Gasteiger charge is 2.36. The van der Waals surface area contributed by atoms with Crippen LogP contribution < -0.4 is 0 Å². The maximum Gasteiger partial charge on any atom is 0.226 e. The lowest BCUT2D eigenvalue weighted by Crippen LogP contribution is -2.43. The van der Waals surface area contributed by atoms with Gasteiger partial charge in [0, 0.05) is 13.1 Å². The standard InChI is InChI=1S/C17H23NO4S/c19-17(15-8-11-23(20,21)13-15)18-9-6-16(7-10-18)22-12-14-4-2-1-3-5-14/h1-5,15-16H,6-13H2/t15-/m1/s1. The first-order valence-electron chi connectivity index (χ1n) is 8.18. The van der Waals surface area contributed by atoms with Crippen molar-refractivity contribution < 1.29 is 17.9 Å². The van der Waals surface area contributed by atoms with Gasteiger partial charge in [0.1, 0.15) is 0 Å². The molecule has 3 rings (SSSR count). The highest BCUT2D eigenvalue weighted by molar-refractivity contribution is 7.91. The second-order valence-electron chi connectivity index (χ2n) is 6.42. The number of rotatable bonds is 4. The average molecular weight is 337 g/mol. The molecule has 1 aromatic rings. The summed E-state index contributed by atoms with van der Waals surface area (Å²) in [6, 6.07) is 10.1. The van der Waals surface area contributed by atoms with Crippen LogP contribution in [-0.2, 0) is 26.0 Å². The largest absolute Gasteiger partial charge is 0.373 e. The average Bonchev–Trinajstić information content (AvgIpc) is 2.94. The summed E-state index contributed by atoms with van der Waals surface area (Å²) in [6.07, 6.45) is 2.29. The van der Waals surface area contributed by atoms with E-state index >= 15 is 0 Å². The van der Waals surface area contributed by atoms with Crippen molar-refractivity contribution in [1.82, 2.24) is 4.90 Å². The van der Waals surface area contributed by atoms with Gasteiger partial charge >= 0.3 is 0 Å².